The number of nitrogens with one attached hydrogen (secondary N) is 1. The van der Waals surface area contributed by atoms with Crippen molar-refractivity contribution in [3.8, 4) is 0 Å². The Hall–Kier alpha value is -0.290. The van der Waals surface area contributed by atoms with Gasteiger partial charge >= 0.3 is 0 Å². The van der Waals surface area contributed by atoms with Gasteiger partial charge in [0, 0.05) is 12.3 Å². The minimum absolute atomic E-state index is 0.796. The van der Waals surface area contributed by atoms with E-state index in [9.17, 15) is 0 Å². The summed E-state index contributed by atoms with van der Waals surface area (Å²) in [4.78, 5) is 0. The number of aromatic nitrogens is 2. The van der Waals surface area contributed by atoms with Gasteiger partial charge in [0.2, 0.25) is 5.13 Å². The molecule has 0 aliphatic rings. The Kier molecular flexibility index (Phi) is 6.02. The molecule has 0 bridgehead atoms. The molecule has 0 spiro atoms. The lowest BCUT2D eigenvalue weighted by molar-refractivity contribution is 0.632. The van der Waals surface area contributed by atoms with Gasteiger partial charge in [-0.25, -0.2) is 0 Å². The Bertz CT molecular complexity index is 273. The second kappa shape index (κ2) is 7.06. The van der Waals surface area contributed by atoms with Gasteiger partial charge in [0.05, 0.1) is 0 Å². The van der Waals surface area contributed by atoms with E-state index < -0.39 is 0 Å². The van der Waals surface area contributed by atoms with Crippen LogP contribution < -0.4 is 5.32 Å². The van der Waals surface area contributed by atoms with Gasteiger partial charge in [-0.05, 0) is 25.0 Å². The van der Waals surface area contributed by atoms with Gasteiger partial charge in [-0.1, -0.05) is 25.2 Å². The van der Waals surface area contributed by atoms with Crippen LogP contribution in [0.2, 0.25) is 0 Å². The van der Waals surface area contributed by atoms with Crippen molar-refractivity contribution in [2.75, 3.05) is 17.6 Å². The fraction of sp³-hybridized carbons (Fsp3) is 0.800. The van der Waals surface area contributed by atoms with Crippen LogP contribution in [0.25, 0.3) is 0 Å². The first-order valence-electron chi connectivity index (χ1n) is 5.36. The highest BCUT2D eigenvalue weighted by Gasteiger charge is 2.03. The van der Waals surface area contributed by atoms with E-state index in [2.05, 4.69) is 36.3 Å². The Morgan fingerprint density at radius 2 is 2.20 bits per heavy atom. The summed E-state index contributed by atoms with van der Waals surface area (Å²) in [5, 5.41) is 13.4. The summed E-state index contributed by atoms with van der Waals surface area (Å²) in [6, 6.07) is 0. The fourth-order valence-electron chi connectivity index (χ4n) is 1.01. The lowest BCUT2D eigenvalue weighted by Gasteiger charge is -2.01. The van der Waals surface area contributed by atoms with Crippen molar-refractivity contribution < 1.29 is 0 Å². The van der Waals surface area contributed by atoms with Crippen LogP contribution >= 0.6 is 23.1 Å². The van der Waals surface area contributed by atoms with Crippen molar-refractivity contribution in [1.29, 1.82) is 0 Å². The lowest BCUT2D eigenvalue weighted by atomic mass is 10.2. The minimum atomic E-state index is 0.796. The number of thioether (sulfide) groups is 1. The van der Waals surface area contributed by atoms with Crippen molar-refractivity contribution in [1.82, 2.24) is 10.2 Å². The summed E-state index contributed by atoms with van der Waals surface area (Å²) in [5.74, 6) is 3.01. The molecule has 0 aromatic carbocycles. The molecule has 0 aliphatic carbocycles. The highest BCUT2D eigenvalue weighted by atomic mass is 32.2. The molecule has 0 radical (unpaired) electrons. The molecule has 1 aromatic rings. The second-order valence-electron chi connectivity index (χ2n) is 3.77. The van der Waals surface area contributed by atoms with Crippen LogP contribution in [0.3, 0.4) is 0 Å². The highest BCUT2D eigenvalue weighted by Crippen LogP contribution is 2.21. The maximum absolute atomic E-state index is 4.14. The molecule has 0 unspecified atom stereocenters. The quantitative estimate of drug-likeness (QED) is 0.748. The van der Waals surface area contributed by atoms with Gasteiger partial charge in [0.1, 0.15) is 5.01 Å². The Labute approximate surface area is 100 Å². The zero-order valence-corrected chi connectivity index (χ0v) is 11.2. The Balaban J connectivity index is 2.19. The second-order valence-corrected chi connectivity index (χ2v) is 5.93. The van der Waals surface area contributed by atoms with Gasteiger partial charge in [-0.3, -0.25) is 0 Å². The third-order valence-electron chi connectivity index (χ3n) is 1.86. The Morgan fingerprint density at radius 1 is 1.40 bits per heavy atom. The SMILES string of the molecule is CCNc1nnc(CSCCC(C)C)s1. The first-order valence-corrected chi connectivity index (χ1v) is 7.33. The average Bonchev–Trinajstić information content (AvgIpc) is 2.61. The van der Waals surface area contributed by atoms with Crippen molar-refractivity contribution >= 4 is 28.2 Å². The molecular formula is C10H19N3S2. The van der Waals surface area contributed by atoms with Crippen LogP contribution in [0, 0.1) is 5.92 Å². The van der Waals surface area contributed by atoms with Crippen LogP contribution in [0.15, 0.2) is 0 Å². The molecule has 0 aliphatic heterocycles. The van der Waals surface area contributed by atoms with Crippen LogP contribution in [0.4, 0.5) is 5.13 Å². The van der Waals surface area contributed by atoms with E-state index in [0.29, 0.717) is 0 Å². The molecule has 0 saturated heterocycles. The Morgan fingerprint density at radius 3 is 2.87 bits per heavy atom. The van der Waals surface area contributed by atoms with E-state index in [1.165, 1.54) is 12.2 Å². The normalized spacial score (nSPS) is 10.9. The molecule has 86 valence electrons. The van der Waals surface area contributed by atoms with E-state index in [1.807, 2.05) is 11.8 Å². The standard InChI is InChI=1S/C10H19N3S2/c1-4-11-10-13-12-9(15-10)7-14-6-5-8(2)3/h8H,4-7H2,1-3H3,(H,11,13). The lowest BCUT2D eigenvalue weighted by Crippen LogP contribution is -1.94. The minimum Gasteiger partial charge on any atom is -0.360 e. The van der Waals surface area contributed by atoms with Crippen molar-refractivity contribution in [2.24, 2.45) is 5.92 Å². The first-order chi connectivity index (χ1) is 7.22. The summed E-state index contributed by atoms with van der Waals surface area (Å²) in [6.45, 7) is 7.50. The third kappa shape index (κ3) is 5.37. The molecule has 0 saturated carbocycles. The number of hydrogen-bond acceptors (Lipinski definition) is 5. The monoisotopic (exact) mass is 245 g/mol. The molecule has 1 rings (SSSR count). The molecule has 1 heterocycles. The molecule has 3 nitrogen and oxygen atoms in total. The van der Waals surface area contributed by atoms with E-state index in [-0.39, 0.29) is 0 Å². The molecule has 0 fully saturated rings. The molecule has 1 N–H and O–H groups in total. The molecule has 15 heavy (non-hydrogen) atoms. The van der Waals surface area contributed by atoms with Crippen molar-refractivity contribution in [3.05, 3.63) is 5.01 Å². The zero-order valence-electron chi connectivity index (χ0n) is 9.62. The average molecular weight is 245 g/mol. The molecule has 5 heteroatoms. The van der Waals surface area contributed by atoms with Gasteiger partial charge in [-0.15, -0.1) is 10.2 Å². The number of hydrogen-bond donors (Lipinski definition) is 1. The van der Waals surface area contributed by atoms with E-state index in [4.69, 9.17) is 0 Å². The molecular weight excluding hydrogens is 226 g/mol. The summed E-state index contributed by atoms with van der Waals surface area (Å²) in [6.07, 6.45) is 1.28. The van der Waals surface area contributed by atoms with Gasteiger partial charge in [-0.2, -0.15) is 11.8 Å². The van der Waals surface area contributed by atoms with Crippen LogP contribution in [-0.4, -0.2) is 22.5 Å². The number of rotatable bonds is 7. The predicted octanol–water partition coefficient (Wildman–Crippen LogP) is 3.25. The van der Waals surface area contributed by atoms with Crippen LogP contribution in [-0.2, 0) is 5.75 Å². The molecule has 0 atom stereocenters. The third-order valence-corrected chi connectivity index (χ3v) is 3.93. The molecule has 1 aromatic heterocycles. The highest BCUT2D eigenvalue weighted by molar-refractivity contribution is 7.98. The first kappa shape index (κ1) is 12.8. The zero-order chi connectivity index (χ0) is 11.1. The molecule has 0 amide bonds. The van der Waals surface area contributed by atoms with E-state index >= 15 is 0 Å². The van der Waals surface area contributed by atoms with Gasteiger partial charge in [0.25, 0.3) is 0 Å². The smallest absolute Gasteiger partial charge is 0.205 e. The summed E-state index contributed by atoms with van der Waals surface area (Å²) in [5.41, 5.74) is 0. The largest absolute Gasteiger partial charge is 0.360 e. The van der Waals surface area contributed by atoms with Gasteiger partial charge in [0.15, 0.2) is 0 Å². The summed E-state index contributed by atoms with van der Waals surface area (Å²) >= 11 is 3.61. The maximum atomic E-state index is 4.14. The van der Waals surface area contributed by atoms with Gasteiger partial charge < -0.3 is 5.32 Å². The van der Waals surface area contributed by atoms with Crippen molar-refractivity contribution in [2.45, 2.75) is 32.9 Å². The van der Waals surface area contributed by atoms with Crippen molar-refractivity contribution in [3.63, 3.8) is 0 Å². The topological polar surface area (TPSA) is 37.8 Å². The maximum Gasteiger partial charge on any atom is 0.205 e. The number of anilines is 1. The van der Waals surface area contributed by atoms with Crippen LogP contribution in [0.1, 0.15) is 32.2 Å². The summed E-state index contributed by atoms with van der Waals surface area (Å²) < 4.78 is 0. The predicted molar refractivity (Wildman–Crippen MR) is 69.7 cm³/mol. The van der Waals surface area contributed by atoms with Crippen LogP contribution in [0.5, 0.6) is 0 Å². The summed E-state index contributed by atoms with van der Waals surface area (Å²) in [7, 11) is 0. The van der Waals surface area contributed by atoms with E-state index in [0.717, 1.165) is 28.4 Å². The fourth-order valence-corrected chi connectivity index (χ4v) is 3.12. The number of nitrogens with zero attached hydrogens (tertiary/aromatic N) is 2. The van der Waals surface area contributed by atoms with E-state index in [1.54, 1.807) is 11.3 Å².